The number of ether oxygens (including phenoxy) is 3. The summed E-state index contributed by atoms with van der Waals surface area (Å²) >= 11 is 0. The van der Waals surface area contributed by atoms with Gasteiger partial charge in [-0.1, -0.05) is 13.8 Å². The molecule has 2 fully saturated rings. The summed E-state index contributed by atoms with van der Waals surface area (Å²) in [7, 11) is 7.26. The van der Waals surface area contributed by atoms with Crippen LogP contribution in [-0.4, -0.2) is 105 Å². The number of hydrogen-bond donors (Lipinski definition) is 1. The summed E-state index contributed by atoms with van der Waals surface area (Å²) in [5, 5.41) is 10.9. The predicted octanol–water partition coefficient (Wildman–Crippen LogP) is 1.51. The lowest BCUT2D eigenvalue weighted by atomic mass is 9.50. The number of rotatable bonds is 8. The van der Waals surface area contributed by atoms with Gasteiger partial charge in [-0.05, 0) is 57.8 Å². The third-order valence-electron chi connectivity index (χ3n) is 9.35. The number of allylic oxidation sites excluding steroid dienone is 1. The molecule has 216 valence electrons. The summed E-state index contributed by atoms with van der Waals surface area (Å²) in [5.74, 6) is -4.01. The van der Waals surface area contributed by atoms with Crippen molar-refractivity contribution >= 4 is 23.5 Å². The van der Waals surface area contributed by atoms with Crippen molar-refractivity contribution in [2.24, 2.45) is 22.7 Å². The first kappa shape index (κ1) is 29.4. The Kier molecular flexibility index (Phi) is 8.13. The van der Waals surface area contributed by atoms with Crippen LogP contribution in [0.3, 0.4) is 0 Å². The summed E-state index contributed by atoms with van der Waals surface area (Å²) in [6.07, 6.45) is 1.33. The number of aliphatic hydroxyl groups excluding tert-OH is 1. The maximum absolute atomic E-state index is 14.0. The van der Waals surface area contributed by atoms with E-state index in [9.17, 15) is 24.3 Å². The highest BCUT2D eigenvalue weighted by molar-refractivity contribution is 6.47. The van der Waals surface area contributed by atoms with Crippen LogP contribution in [0.1, 0.15) is 46.5 Å². The second kappa shape index (κ2) is 10.8. The van der Waals surface area contributed by atoms with Crippen molar-refractivity contribution in [1.29, 1.82) is 0 Å². The lowest BCUT2D eigenvalue weighted by molar-refractivity contribution is -0.175. The molecule has 4 rings (SSSR count). The summed E-state index contributed by atoms with van der Waals surface area (Å²) in [6, 6.07) is 0. The Morgan fingerprint density at radius 3 is 2.46 bits per heavy atom. The number of fused-ring (bicyclic) bond motifs is 4. The van der Waals surface area contributed by atoms with Gasteiger partial charge in [0.15, 0.2) is 0 Å². The highest BCUT2D eigenvalue weighted by atomic mass is 16.6. The van der Waals surface area contributed by atoms with Crippen LogP contribution in [0.15, 0.2) is 22.9 Å². The van der Waals surface area contributed by atoms with E-state index in [0.29, 0.717) is 37.0 Å². The van der Waals surface area contributed by atoms with Crippen LogP contribution in [0.25, 0.3) is 0 Å². The second-order valence-electron chi connectivity index (χ2n) is 12.3. The van der Waals surface area contributed by atoms with Gasteiger partial charge in [-0.3, -0.25) is 14.4 Å². The first-order valence-corrected chi connectivity index (χ1v) is 13.7. The number of cyclic esters (lactones) is 1. The smallest absolute Gasteiger partial charge is 0.336 e. The highest BCUT2D eigenvalue weighted by Gasteiger charge is 2.67. The van der Waals surface area contributed by atoms with Gasteiger partial charge in [-0.2, -0.15) is 0 Å². The van der Waals surface area contributed by atoms with E-state index in [1.165, 1.54) is 14.0 Å². The standard InChI is InChI=1S/C29H42N2O8/c1-16(32)38-19-13-28(2)18(9-10-20(28)33)22-24(19)29(3)21(15-37-7)39-27(36)17(23(29)26(35)25(22)34)14-31(6)12-8-11-30(4)5/h14,18-21,23,33H,8-13,15H2,1-7H3/b17-14-/t18?,19-,20+,21-,23?,28+,29+/m1/s1. The minimum Gasteiger partial charge on any atom is -0.458 e. The third kappa shape index (κ3) is 4.85. The van der Waals surface area contributed by atoms with Gasteiger partial charge >= 0.3 is 11.9 Å². The van der Waals surface area contributed by atoms with E-state index in [0.717, 1.165) is 13.0 Å². The molecule has 0 amide bonds. The molecule has 1 N–H and O–H groups in total. The lowest BCUT2D eigenvalue weighted by Gasteiger charge is -2.56. The van der Waals surface area contributed by atoms with Crippen LogP contribution >= 0.6 is 0 Å². The predicted molar refractivity (Wildman–Crippen MR) is 141 cm³/mol. The Hall–Kier alpha value is -2.56. The monoisotopic (exact) mass is 546 g/mol. The van der Waals surface area contributed by atoms with Crippen LogP contribution in [0, 0.1) is 22.7 Å². The minimum atomic E-state index is -1.18. The Morgan fingerprint density at radius 2 is 1.85 bits per heavy atom. The fourth-order valence-electron chi connectivity index (χ4n) is 7.43. The van der Waals surface area contributed by atoms with Crippen molar-refractivity contribution in [2.45, 2.75) is 64.8 Å². The molecule has 0 aromatic heterocycles. The molecule has 1 aliphatic heterocycles. The van der Waals surface area contributed by atoms with Crippen molar-refractivity contribution in [2.75, 3.05) is 47.9 Å². The van der Waals surface area contributed by atoms with Crippen LogP contribution in [0.5, 0.6) is 0 Å². The number of hydrogen-bond acceptors (Lipinski definition) is 10. The molecule has 10 heteroatoms. The van der Waals surface area contributed by atoms with E-state index in [2.05, 4.69) is 4.90 Å². The van der Waals surface area contributed by atoms with Gasteiger partial charge in [0, 0.05) is 50.2 Å². The normalized spacial score (nSPS) is 37.0. The van der Waals surface area contributed by atoms with Crippen molar-refractivity contribution in [3.05, 3.63) is 22.9 Å². The zero-order valence-corrected chi connectivity index (χ0v) is 24.1. The maximum Gasteiger partial charge on any atom is 0.336 e. The summed E-state index contributed by atoms with van der Waals surface area (Å²) in [4.78, 5) is 57.6. The molecular formula is C29H42N2O8. The van der Waals surface area contributed by atoms with Gasteiger partial charge in [0.25, 0.3) is 0 Å². The first-order valence-electron chi connectivity index (χ1n) is 13.7. The van der Waals surface area contributed by atoms with Crippen molar-refractivity contribution in [3.63, 3.8) is 0 Å². The van der Waals surface area contributed by atoms with Gasteiger partial charge in [0.05, 0.1) is 24.2 Å². The van der Waals surface area contributed by atoms with E-state index < -0.39 is 58.6 Å². The van der Waals surface area contributed by atoms with E-state index in [4.69, 9.17) is 14.2 Å². The van der Waals surface area contributed by atoms with E-state index in [1.807, 2.05) is 39.9 Å². The fraction of sp³-hybridized carbons (Fsp3) is 0.724. The van der Waals surface area contributed by atoms with Gasteiger partial charge in [-0.25, -0.2) is 4.79 Å². The van der Waals surface area contributed by atoms with Crippen LogP contribution in [-0.2, 0) is 33.4 Å². The molecule has 7 atom stereocenters. The SMILES string of the molecule is COC[C@H]1OC(=O)/C(=C\N(C)CCCN(C)C)C2C(=O)C(=O)C3=C([C@H](OC(C)=O)C[C@@]4(C)C3CC[C@@H]4O)[C@]21C. The molecule has 0 spiro atoms. The number of ketones is 2. The third-order valence-corrected chi connectivity index (χ3v) is 9.35. The quantitative estimate of drug-likeness (QED) is 0.272. The van der Waals surface area contributed by atoms with E-state index in [1.54, 1.807) is 6.20 Å². The molecule has 0 aromatic rings. The number of esters is 2. The average Bonchev–Trinajstić information content (AvgIpc) is 3.13. The molecule has 0 radical (unpaired) electrons. The molecule has 3 aliphatic carbocycles. The summed E-state index contributed by atoms with van der Waals surface area (Å²) in [6.45, 7) is 6.49. The fourth-order valence-corrected chi connectivity index (χ4v) is 7.43. The second-order valence-corrected chi connectivity index (χ2v) is 12.3. The average molecular weight is 547 g/mol. The molecule has 0 bridgehead atoms. The molecular weight excluding hydrogens is 504 g/mol. The molecule has 4 aliphatic rings. The zero-order chi connectivity index (χ0) is 28.9. The number of Topliss-reactive ketones (excluding diaryl/α,β-unsaturated/α-hetero) is 2. The maximum atomic E-state index is 14.0. The number of nitrogens with zero attached hydrogens (tertiary/aromatic N) is 2. The van der Waals surface area contributed by atoms with Crippen molar-refractivity contribution in [1.82, 2.24) is 9.80 Å². The summed E-state index contributed by atoms with van der Waals surface area (Å²) in [5.41, 5.74) is -0.961. The van der Waals surface area contributed by atoms with Gasteiger partial charge in [-0.15, -0.1) is 0 Å². The molecule has 1 saturated heterocycles. The number of methoxy groups -OCH3 is 1. The van der Waals surface area contributed by atoms with Gasteiger partial charge in [0.1, 0.15) is 12.2 Å². The van der Waals surface area contributed by atoms with Crippen LogP contribution in [0.2, 0.25) is 0 Å². The Bertz CT molecular complexity index is 1110. The molecule has 1 saturated carbocycles. The van der Waals surface area contributed by atoms with Crippen molar-refractivity contribution < 1.29 is 38.5 Å². The summed E-state index contributed by atoms with van der Waals surface area (Å²) < 4.78 is 17.2. The lowest BCUT2D eigenvalue weighted by Crippen LogP contribution is -2.63. The number of carbonyl (C=O) groups excluding carboxylic acids is 4. The number of carbonyl (C=O) groups is 4. The highest BCUT2D eigenvalue weighted by Crippen LogP contribution is 2.63. The molecule has 10 nitrogen and oxygen atoms in total. The van der Waals surface area contributed by atoms with E-state index in [-0.39, 0.29) is 18.1 Å². The Labute approximate surface area is 230 Å². The molecule has 0 aromatic carbocycles. The van der Waals surface area contributed by atoms with Gasteiger partial charge < -0.3 is 29.1 Å². The van der Waals surface area contributed by atoms with Crippen LogP contribution < -0.4 is 0 Å². The first-order chi connectivity index (χ1) is 18.3. The van der Waals surface area contributed by atoms with Crippen LogP contribution in [0.4, 0.5) is 0 Å². The molecule has 1 heterocycles. The Balaban J connectivity index is 1.90. The molecule has 39 heavy (non-hydrogen) atoms. The van der Waals surface area contributed by atoms with E-state index >= 15 is 0 Å². The topological polar surface area (TPSA) is 123 Å². The number of aliphatic hydroxyl groups is 1. The molecule has 2 unspecified atom stereocenters. The van der Waals surface area contributed by atoms with Crippen molar-refractivity contribution in [3.8, 4) is 0 Å². The largest absolute Gasteiger partial charge is 0.458 e. The minimum absolute atomic E-state index is 0.000293. The van der Waals surface area contributed by atoms with Gasteiger partial charge in [0.2, 0.25) is 11.6 Å². The zero-order valence-electron chi connectivity index (χ0n) is 24.1. The Morgan fingerprint density at radius 1 is 1.15 bits per heavy atom.